The summed E-state index contributed by atoms with van der Waals surface area (Å²) in [6, 6.07) is 12.6. The summed E-state index contributed by atoms with van der Waals surface area (Å²) in [5.74, 6) is 0.569. The highest BCUT2D eigenvalue weighted by atomic mass is 35.5. The number of nitrogens with zero attached hydrogens (tertiary/aromatic N) is 3. The molecular formula is C20H16Cl3N3O. The lowest BCUT2D eigenvalue weighted by atomic mass is 10.2. The Balaban J connectivity index is 1.96. The van der Waals surface area contributed by atoms with Gasteiger partial charge in [0.05, 0.1) is 17.3 Å². The van der Waals surface area contributed by atoms with E-state index in [9.17, 15) is 4.79 Å². The van der Waals surface area contributed by atoms with Gasteiger partial charge in [-0.2, -0.15) is 0 Å². The molecule has 138 valence electrons. The molecule has 0 fully saturated rings. The van der Waals surface area contributed by atoms with Crippen LogP contribution in [0.4, 0.5) is 0 Å². The normalized spacial score (nSPS) is 13.6. The van der Waals surface area contributed by atoms with Crippen LogP contribution in [0.15, 0.2) is 42.5 Å². The Labute approximate surface area is 172 Å². The van der Waals surface area contributed by atoms with Gasteiger partial charge in [0, 0.05) is 27.3 Å². The van der Waals surface area contributed by atoms with E-state index in [-0.39, 0.29) is 11.9 Å². The van der Waals surface area contributed by atoms with Gasteiger partial charge < -0.3 is 4.90 Å². The van der Waals surface area contributed by atoms with Crippen LogP contribution < -0.4 is 0 Å². The molecule has 0 bridgehead atoms. The van der Waals surface area contributed by atoms with Crippen LogP contribution in [0.2, 0.25) is 15.1 Å². The van der Waals surface area contributed by atoms with Gasteiger partial charge in [-0.25, -0.2) is 4.98 Å². The molecule has 2 aromatic carbocycles. The fraction of sp³-hybridized carbons (Fsp3) is 0.200. The first kappa shape index (κ1) is 18.4. The molecule has 4 rings (SSSR count). The Morgan fingerprint density at radius 2 is 1.67 bits per heavy atom. The number of carbonyl (C=O) groups is 1. The molecule has 0 radical (unpaired) electrons. The zero-order valence-electron chi connectivity index (χ0n) is 14.7. The summed E-state index contributed by atoms with van der Waals surface area (Å²) < 4.78 is 1.85. The predicted octanol–water partition coefficient (Wildman–Crippen LogP) is 5.86. The Bertz CT molecular complexity index is 1040. The predicted molar refractivity (Wildman–Crippen MR) is 109 cm³/mol. The number of amides is 1. The number of fused-ring (bicyclic) bond motifs is 1. The van der Waals surface area contributed by atoms with E-state index in [0.29, 0.717) is 38.7 Å². The molecule has 27 heavy (non-hydrogen) atoms. The van der Waals surface area contributed by atoms with E-state index in [1.54, 1.807) is 29.2 Å². The Morgan fingerprint density at radius 3 is 2.30 bits per heavy atom. The van der Waals surface area contributed by atoms with E-state index in [2.05, 4.69) is 0 Å². The van der Waals surface area contributed by atoms with Gasteiger partial charge in [0.25, 0.3) is 5.91 Å². The molecule has 3 aromatic rings. The minimum atomic E-state index is -0.0428. The molecule has 1 amide bonds. The van der Waals surface area contributed by atoms with Crippen molar-refractivity contribution in [2.24, 2.45) is 0 Å². The molecule has 4 nitrogen and oxygen atoms in total. The maximum Gasteiger partial charge on any atom is 0.273 e. The van der Waals surface area contributed by atoms with E-state index in [0.717, 1.165) is 11.4 Å². The summed E-state index contributed by atoms with van der Waals surface area (Å²) >= 11 is 18.5. The van der Waals surface area contributed by atoms with Crippen molar-refractivity contribution in [2.45, 2.75) is 26.4 Å². The van der Waals surface area contributed by atoms with Gasteiger partial charge in [-0.15, -0.1) is 0 Å². The molecule has 0 N–H and O–H groups in total. The van der Waals surface area contributed by atoms with Crippen LogP contribution in [-0.2, 0) is 6.54 Å². The topological polar surface area (TPSA) is 38.1 Å². The quantitative estimate of drug-likeness (QED) is 0.532. The first-order chi connectivity index (χ1) is 12.9. The number of halogens is 3. The molecule has 1 aromatic heterocycles. The Hall–Kier alpha value is -2.01. The molecule has 0 aliphatic carbocycles. The molecule has 0 saturated heterocycles. The molecule has 0 unspecified atom stereocenters. The second-order valence-electron chi connectivity index (χ2n) is 6.69. The lowest BCUT2D eigenvalue weighted by molar-refractivity contribution is 0.0722. The molecule has 0 saturated carbocycles. The summed E-state index contributed by atoms with van der Waals surface area (Å²) in [6.07, 6.45) is 0. The highest BCUT2D eigenvalue weighted by molar-refractivity contribution is 6.36. The Kier molecular flexibility index (Phi) is 4.66. The number of aromatic nitrogens is 2. The van der Waals surface area contributed by atoms with Crippen molar-refractivity contribution in [2.75, 3.05) is 0 Å². The Morgan fingerprint density at radius 1 is 1.00 bits per heavy atom. The van der Waals surface area contributed by atoms with Gasteiger partial charge in [-0.1, -0.05) is 34.8 Å². The van der Waals surface area contributed by atoms with Crippen LogP contribution in [0.3, 0.4) is 0 Å². The average Bonchev–Trinajstić information content (AvgIpc) is 3.13. The van der Waals surface area contributed by atoms with Crippen LogP contribution in [0.5, 0.6) is 0 Å². The van der Waals surface area contributed by atoms with E-state index >= 15 is 0 Å². The summed E-state index contributed by atoms with van der Waals surface area (Å²) in [5, 5.41) is 1.65. The van der Waals surface area contributed by atoms with Gasteiger partial charge in [0.2, 0.25) is 0 Å². The average molecular weight is 421 g/mol. The molecule has 7 heteroatoms. The van der Waals surface area contributed by atoms with E-state index in [4.69, 9.17) is 39.8 Å². The summed E-state index contributed by atoms with van der Waals surface area (Å²) in [5.41, 5.74) is 2.82. The third kappa shape index (κ3) is 3.12. The van der Waals surface area contributed by atoms with Gasteiger partial charge in [-0.3, -0.25) is 9.36 Å². The number of carbonyl (C=O) groups excluding carboxylic acids is 1. The largest absolute Gasteiger partial charge is 0.329 e. The SMILES string of the molecule is CC(C)N1Cc2nc(-c3ccc(Cl)cc3Cl)n(-c3ccc(Cl)cc3)c2C1=O. The fourth-order valence-electron chi connectivity index (χ4n) is 3.27. The standard InChI is InChI=1S/C20H16Cl3N3O/c1-11(2)25-10-17-18(20(25)27)26(14-6-3-12(21)4-7-14)19(24-17)15-8-5-13(22)9-16(15)23/h3-9,11H,10H2,1-2H3. The third-order valence-corrected chi connectivity index (χ3v) is 5.41. The molecular weight excluding hydrogens is 405 g/mol. The minimum Gasteiger partial charge on any atom is -0.329 e. The number of hydrogen-bond donors (Lipinski definition) is 0. The fourth-order valence-corrected chi connectivity index (χ4v) is 3.89. The first-order valence-corrected chi connectivity index (χ1v) is 9.64. The maximum absolute atomic E-state index is 13.1. The smallest absolute Gasteiger partial charge is 0.273 e. The third-order valence-electron chi connectivity index (χ3n) is 4.61. The van der Waals surface area contributed by atoms with Crippen molar-refractivity contribution in [3.63, 3.8) is 0 Å². The zero-order valence-corrected chi connectivity index (χ0v) is 17.0. The van der Waals surface area contributed by atoms with E-state index < -0.39 is 0 Å². The zero-order chi connectivity index (χ0) is 19.3. The second-order valence-corrected chi connectivity index (χ2v) is 7.97. The number of rotatable bonds is 3. The lowest BCUT2D eigenvalue weighted by Crippen LogP contribution is -2.32. The van der Waals surface area contributed by atoms with Crippen molar-refractivity contribution in [1.82, 2.24) is 14.5 Å². The lowest BCUT2D eigenvalue weighted by Gasteiger charge is -2.21. The summed E-state index contributed by atoms with van der Waals surface area (Å²) in [4.78, 5) is 19.6. The number of imidazole rings is 1. The molecule has 2 heterocycles. The van der Waals surface area contributed by atoms with Crippen LogP contribution in [-0.4, -0.2) is 26.4 Å². The number of benzene rings is 2. The second kappa shape index (κ2) is 6.86. The molecule has 0 atom stereocenters. The van der Waals surface area contributed by atoms with Gasteiger partial charge >= 0.3 is 0 Å². The maximum atomic E-state index is 13.1. The van der Waals surface area contributed by atoms with Crippen molar-refractivity contribution in [1.29, 1.82) is 0 Å². The monoisotopic (exact) mass is 419 g/mol. The number of hydrogen-bond acceptors (Lipinski definition) is 2. The van der Waals surface area contributed by atoms with Gasteiger partial charge in [-0.05, 0) is 56.3 Å². The van der Waals surface area contributed by atoms with Crippen molar-refractivity contribution < 1.29 is 4.79 Å². The molecule has 0 spiro atoms. The van der Waals surface area contributed by atoms with Gasteiger partial charge in [0.15, 0.2) is 0 Å². The highest BCUT2D eigenvalue weighted by Gasteiger charge is 2.36. The van der Waals surface area contributed by atoms with E-state index in [1.165, 1.54) is 0 Å². The van der Waals surface area contributed by atoms with Crippen LogP contribution in [0.1, 0.15) is 30.0 Å². The van der Waals surface area contributed by atoms with Crippen LogP contribution in [0.25, 0.3) is 17.1 Å². The summed E-state index contributed by atoms with van der Waals surface area (Å²) in [7, 11) is 0. The van der Waals surface area contributed by atoms with Crippen molar-refractivity contribution >= 4 is 40.7 Å². The minimum absolute atomic E-state index is 0.0428. The highest BCUT2D eigenvalue weighted by Crippen LogP contribution is 2.36. The molecule has 1 aliphatic rings. The van der Waals surface area contributed by atoms with Gasteiger partial charge in [0.1, 0.15) is 11.5 Å². The van der Waals surface area contributed by atoms with Crippen LogP contribution >= 0.6 is 34.8 Å². The molecule has 1 aliphatic heterocycles. The van der Waals surface area contributed by atoms with Crippen molar-refractivity contribution in [3.8, 4) is 17.1 Å². The van der Waals surface area contributed by atoms with Crippen LogP contribution in [0, 0.1) is 0 Å². The summed E-state index contributed by atoms with van der Waals surface area (Å²) in [6.45, 7) is 4.46. The first-order valence-electron chi connectivity index (χ1n) is 8.50. The van der Waals surface area contributed by atoms with E-state index in [1.807, 2.05) is 36.6 Å². The van der Waals surface area contributed by atoms with Crippen molar-refractivity contribution in [3.05, 3.63) is 68.9 Å².